The summed E-state index contributed by atoms with van der Waals surface area (Å²) >= 11 is 0. The van der Waals surface area contributed by atoms with Crippen LogP contribution in [0.1, 0.15) is 25.7 Å². The molecule has 2 N–H and O–H groups in total. The maximum Gasteiger partial charge on any atom is 0.319 e. The van der Waals surface area contributed by atoms with E-state index in [1.807, 2.05) is 0 Å². The zero-order valence-electron chi connectivity index (χ0n) is 10.8. The molecule has 0 unspecified atom stereocenters. The molecule has 1 heterocycles. The number of rotatable bonds is 3. The largest absolute Gasteiger partial charge is 0.370 e. The molecule has 3 rings (SSSR count). The second-order valence-electron chi connectivity index (χ2n) is 5.23. The van der Waals surface area contributed by atoms with Gasteiger partial charge in [-0.05, 0) is 43.9 Å². The highest BCUT2D eigenvalue weighted by Gasteiger charge is 2.24. The number of carbonyl (C=O) groups is 1. The van der Waals surface area contributed by atoms with Gasteiger partial charge in [0, 0.05) is 19.1 Å². The predicted molar refractivity (Wildman–Crippen MR) is 73.0 cm³/mol. The first kappa shape index (κ1) is 12.3. The zero-order chi connectivity index (χ0) is 13.2. The normalized spacial score (nSPS) is 18.5. The molecule has 0 atom stereocenters. The summed E-state index contributed by atoms with van der Waals surface area (Å²) in [5, 5.41) is 5.62. The van der Waals surface area contributed by atoms with Gasteiger partial charge in [-0.2, -0.15) is 0 Å². The number of anilines is 2. The second-order valence-corrected chi connectivity index (χ2v) is 5.23. The highest BCUT2D eigenvalue weighted by molar-refractivity contribution is 5.93. The maximum atomic E-state index is 13.4. The average molecular weight is 263 g/mol. The van der Waals surface area contributed by atoms with E-state index < -0.39 is 0 Å². The number of nitrogens with zero attached hydrogens (tertiary/aromatic N) is 1. The number of amides is 2. The molecule has 2 fully saturated rings. The van der Waals surface area contributed by atoms with Crippen molar-refractivity contribution in [3.05, 3.63) is 24.0 Å². The third kappa shape index (κ3) is 2.97. The Morgan fingerprint density at radius 2 is 2.00 bits per heavy atom. The molecule has 0 spiro atoms. The number of nitrogens with one attached hydrogen (secondary N) is 2. The van der Waals surface area contributed by atoms with E-state index in [0.717, 1.165) is 44.5 Å². The molecule has 0 bridgehead atoms. The summed E-state index contributed by atoms with van der Waals surface area (Å²) in [6, 6.07) is 4.63. The third-order valence-corrected chi connectivity index (χ3v) is 3.57. The fraction of sp³-hybridized carbons (Fsp3) is 0.500. The van der Waals surface area contributed by atoms with Crippen molar-refractivity contribution in [3.8, 4) is 0 Å². The van der Waals surface area contributed by atoms with Crippen LogP contribution >= 0.6 is 0 Å². The van der Waals surface area contributed by atoms with Crippen molar-refractivity contribution in [1.82, 2.24) is 5.32 Å². The lowest BCUT2D eigenvalue weighted by Gasteiger charge is -2.21. The first-order valence-corrected chi connectivity index (χ1v) is 6.84. The van der Waals surface area contributed by atoms with Crippen LogP contribution in [0.15, 0.2) is 18.2 Å². The lowest BCUT2D eigenvalue weighted by molar-refractivity contribution is 0.251. The number of hydrogen-bond acceptors (Lipinski definition) is 2. The molecule has 0 aromatic heterocycles. The molecule has 2 amide bonds. The Morgan fingerprint density at radius 1 is 1.26 bits per heavy atom. The zero-order valence-corrected chi connectivity index (χ0v) is 10.8. The Balaban J connectivity index is 1.76. The molecule has 1 saturated heterocycles. The van der Waals surface area contributed by atoms with Crippen molar-refractivity contribution in [1.29, 1.82) is 0 Å². The van der Waals surface area contributed by atoms with Gasteiger partial charge < -0.3 is 15.5 Å². The minimum atomic E-state index is -0.329. The Labute approximate surface area is 112 Å². The molecule has 1 aromatic rings. The highest BCUT2D eigenvalue weighted by Crippen LogP contribution is 2.30. The Hall–Kier alpha value is -1.78. The Morgan fingerprint density at radius 3 is 2.68 bits per heavy atom. The summed E-state index contributed by atoms with van der Waals surface area (Å²) in [7, 11) is 0. The van der Waals surface area contributed by atoms with Crippen LogP contribution in [0.25, 0.3) is 0 Å². The van der Waals surface area contributed by atoms with Crippen molar-refractivity contribution >= 4 is 17.4 Å². The highest BCUT2D eigenvalue weighted by atomic mass is 19.1. The van der Waals surface area contributed by atoms with E-state index in [1.165, 1.54) is 12.1 Å². The molecular formula is C14H18FN3O. The molecular weight excluding hydrogens is 245 g/mol. The van der Waals surface area contributed by atoms with Crippen molar-refractivity contribution in [2.24, 2.45) is 0 Å². The SMILES string of the molecule is O=C(Nc1cc(F)ccc1N1CCCC1)NC1CC1. The maximum absolute atomic E-state index is 13.4. The molecule has 4 nitrogen and oxygen atoms in total. The standard InChI is InChI=1S/C14H18FN3O/c15-10-3-6-13(18-7-1-2-8-18)12(9-10)17-14(19)16-11-4-5-11/h3,6,9,11H,1-2,4-5,7-8H2,(H2,16,17,19). The fourth-order valence-electron chi connectivity index (χ4n) is 2.41. The topological polar surface area (TPSA) is 44.4 Å². The Kier molecular flexibility index (Phi) is 3.27. The van der Waals surface area contributed by atoms with E-state index in [-0.39, 0.29) is 11.8 Å². The van der Waals surface area contributed by atoms with E-state index in [1.54, 1.807) is 6.07 Å². The molecule has 2 aliphatic rings. The van der Waals surface area contributed by atoms with Crippen molar-refractivity contribution in [3.63, 3.8) is 0 Å². The van der Waals surface area contributed by atoms with Crippen LogP contribution in [0.4, 0.5) is 20.6 Å². The summed E-state index contributed by atoms with van der Waals surface area (Å²) < 4.78 is 13.4. The van der Waals surface area contributed by atoms with E-state index >= 15 is 0 Å². The summed E-state index contributed by atoms with van der Waals surface area (Å²) in [4.78, 5) is 14.0. The van der Waals surface area contributed by atoms with Gasteiger partial charge in [0.25, 0.3) is 0 Å². The molecule has 19 heavy (non-hydrogen) atoms. The molecule has 1 saturated carbocycles. The summed E-state index contributed by atoms with van der Waals surface area (Å²) in [5.74, 6) is -0.329. The van der Waals surface area contributed by atoms with Crippen molar-refractivity contribution in [2.75, 3.05) is 23.3 Å². The molecule has 5 heteroatoms. The van der Waals surface area contributed by atoms with Gasteiger partial charge in [-0.1, -0.05) is 0 Å². The van der Waals surface area contributed by atoms with Crippen LogP contribution in [0, 0.1) is 5.82 Å². The quantitative estimate of drug-likeness (QED) is 0.880. The monoisotopic (exact) mass is 263 g/mol. The fourth-order valence-corrected chi connectivity index (χ4v) is 2.41. The van der Waals surface area contributed by atoms with Gasteiger partial charge in [-0.3, -0.25) is 0 Å². The number of carbonyl (C=O) groups excluding carboxylic acids is 1. The van der Waals surface area contributed by atoms with Gasteiger partial charge in [0.05, 0.1) is 11.4 Å². The summed E-state index contributed by atoms with van der Waals surface area (Å²) in [6.07, 6.45) is 4.36. The number of benzene rings is 1. The van der Waals surface area contributed by atoms with Crippen LogP contribution in [0.5, 0.6) is 0 Å². The van der Waals surface area contributed by atoms with Crippen molar-refractivity contribution in [2.45, 2.75) is 31.7 Å². The van der Waals surface area contributed by atoms with Crippen LogP contribution in [0.3, 0.4) is 0 Å². The average Bonchev–Trinajstić information content (AvgIpc) is 3.02. The molecule has 0 radical (unpaired) electrons. The smallest absolute Gasteiger partial charge is 0.319 e. The third-order valence-electron chi connectivity index (χ3n) is 3.57. The molecule has 1 aliphatic heterocycles. The number of halogens is 1. The van der Waals surface area contributed by atoms with Crippen LogP contribution in [-0.2, 0) is 0 Å². The van der Waals surface area contributed by atoms with Gasteiger partial charge in [0.15, 0.2) is 0 Å². The van der Waals surface area contributed by atoms with E-state index in [4.69, 9.17) is 0 Å². The summed E-state index contributed by atoms with van der Waals surface area (Å²) in [5.41, 5.74) is 1.46. The van der Waals surface area contributed by atoms with E-state index in [0.29, 0.717) is 11.7 Å². The molecule has 1 aliphatic carbocycles. The number of hydrogen-bond donors (Lipinski definition) is 2. The first-order chi connectivity index (χ1) is 9.22. The van der Waals surface area contributed by atoms with Gasteiger partial charge in [0.1, 0.15) is 5.82 Å². The molecule has 1 aromatic carbocycles. The van der Waals surface area contributed by atoms with Crippen molar-refractivity contribution < 1.29 is 9.18 Å². The minimum absolute atomic E-state index is 0.242. The lowest BCUT2D eigenvalue weighted by atomic mass is 10.2. The van der Waals surface area contributed by atoms with Gasteiger partial charge >= 0.3 is 6.03 Å². The Bertz CT molecular complexity index is 482. The number of urea groups is 1. The van der Waals surface area contributed by atoms with Crippen LogP contribution < -0.4 is 15.5 Å². The van der Waals surface area contributed by atoms with Crippen LogP contribution in [-0.4, -0.2) is 25.2 Å². The minimum Gasteiger partial charge on any atom is -0.370 e. The van der Waals surface area contributed by atoms with Gasteiger partial charge in [-0.15, -0.1) is 0 Å². The summed E-state index contributed by atoms with van der Waals surface area (Å²) in [6.45, 7) is 1.93. The van der Waals surface area contributed by atoms with Gasteiger partial charge in [-0.25, -0.2) is 9.18 Å². The van der Waals surface area contributed by atoms with Gasteiger partial charge in [0.2, 0.25) is 0 Å². The predicted octanol–water partition coefficient (Wildman–Crippen LogP) is 2.71. The first-order valence-electron chi connectivity index (χ1n) is 6.84. The molecule has 102 valence electrons. The van der Waals surface area contributed by atoms with E-state index in [2.05, 4.69) is 15.5 Å². The van der Waals surface area contributed by atoms with Crippen LogP contribution in [0.2, 0.25) is 0 Å². The van der Waals surface area contributed by atoms with E-state index in [9.17, 15) is 9.18 Å². The second kappa shape index (κ2) is 5.07. The lowest BCUT2D eigenvalue weighted by Crippen LogP contribution is -2.31.